The lowest BCUT2D eigenvalue weighted by Gasteiger charge is -2.05. The van der Waals surface area contributed by atoms with E-state index in [0.29, 0.717) is 37.2 Å². The molecule has 0 aromatic heterocycles. The maximum absolute atomic E-state index is 11.6. The average molecular weight is 274 g/mol. The van der Waals surface area contributed by atoms with Crippen LogP contribution in [0.15, 0.2) is 49.6 Å². The smallest absolute Gasteiger partial charge is 0.338 e. The molecule has 1 rings (SSSR count). The summed E-state index contributed by atoms with van der Waals surface area (Å²) in [6.45, 7) is 7.68. The summed E-state index contributed by atoms with van der Waals surface area (Å²) in [4.78, 5) is 23.3. The molecule has 0 fully saturated rings. The van der Waals surface area contributed by atoms with E-state index in [2.05, 4.69) is 13.2 Å². The van der Waals surface area contributed by atoms with Gasteiger partial charge in [-0.05, 0) is 37.1 Å². The lowest BCUT2D eigenvalue weighted by atomic mass is 10.1. The molecule has 0 aliphatic carbocycles. The molecule has 0 saturated heterocycles. The van der Waals surface area contributed by atoms with E-state index >= 15 is 0 Å². The molecule has 1 aromatic rings. The Balaban J connectivity index is 2.54. The Hall–Kier alpha value is -2.36. The Bertz CT molecular complexity index is 429. The normalized spacial score (nSPS) is 9.60. The van der Waals surface area contributed by atoms with Gasteiger partial charge in [-0.1, -0.05) is 12.2 Å². The Labute approximate surface area is 118 Å². The lowest BCUT2D eigenvalue weighted by molar-refractivity contribution is 0.0497. The quantitative estimate of drug-likeness (QED) is 0.415. The monoisotopic (exact) mass is 274 g/mol. The van der Waals surface area contributed by atoms with E-state index in [-0.39, 0.29) is 0 Å². The van der Waals surface area contributed by atoms with Gasteiger partial charge in [0.05, 0.1) is 24.3 Å². The second-order valence-electron chi connectivity index (χ2n) is 4.00. The van der Waals surface area contributed by atoms with E-state index in [9.17, 15) is 9.59 Å². The van der Waals surface area contributed by atoms with Crippen LogP contribution in [0.4, 0.5) is 0 Å². The van der Waals surface area contributed by atoms with Crippen LogP contribution in [-0.4, -0.2) is 25.2 Å². The van der Waals surface area contributed by atoms with Crippen molar-refractivity contribution in [2.75, 3.05) is 13.2 Å². The van der Waals surface area contributed by atoms with E-state index in [1.54, 1.807) is 36.4 Å². The Kier molecular flexibility index (Phi) is 6.82. The van der Waals surface area contributed by atoms with E-state index in [0.717, 1.165) is 0 Å². The summed E-state index contributed by atoms with van der Waals surface area (Å²) in [6, 6.07) is 6.17. The zero-order valence-electron chi connectivity index (χ0n) is 11.3. The molecule has 0 heterocycles. The van der Waals surface area contributed by atoms with Gasteiger partial charge >= 0.3 is 11.9 Å². The van der Waals surface area contributed by atoms with Gasteiger partial charge < -0.3 is 9.47 Å². The lowest BCUT2D eigenvalue weighted by Crippen LogP contribution is -2.08. The molecule has 0 atom stereocenters. The Morgan fingerprint density at radius 3 is 1.50 bits per heavy atom. The van der Waals surface area contributed by atoms with Gasteiger partial charge in [-0.25, -0.2) is 9.59 Å². The highest BCUT2D eigenvalue weighted by atomic mass is 16.5. The number of ether oxygens (including phenoxy) is 2. The Morgan fingerprint density at radius 2 is 1.20 bits per heavy atom. The van der Waals surface area contributed by atoms with Crippen LogP contribution in [0.25, 0.3) is 0 Å². The van der Waals surface area contributed by atoms with Crippen molar-refractivity contribution in [3.05, 3.63) is 60.7 Å². The van der Waals surface area contributed by atoms with Crippen LogP contribution in [0.2, 0.25) is 0 Å². The van der Waals surface area contributed by atoms with Gasteiger partial charge in [-0.3, -0.25) is 0 Å². The van der Waals surface area contributed by atoms with Gasteiger partial charge in [-0.2, -0.15) is 0 Å². The number of esters is 2. The minimum absolute atomic E-state index is 0.299. The topological polar surface area (TPSA) is 52.6 Å². The molecule has 0 N–H and O–H groups in total. The minimum Gasteiger partial charge on any atom is -0.462 e. The highest BCUT2D eigenvalue weighted by Crippen LogP contribution is 2.08. The molecule has 4 nitrogen and oxygen atoms in total. The van der Waals surface area contributed by atoms with Crippen LogP contribution in [0.1, 0.15) is 33.6 Å². The largest absolute Gasteiger partial charge is 0.462 e. The standard InChI is InChI=1S/C16H18O4/c1-3-5-11-19-15(17)13-7-9-14(10-8-13)16(18)20-12-6-4-2/h3-4,7-10H,1-2,5-6,11-12H2. The molecule has 0 saturated carbocycles. The third-order valence-corrected chi connectivity index (χ3v) is 2.47. The van der Waals surface area contributed by atoms with Crippen LogP contribution in [-0.2, 0) is 9.47 Å². The van der Waals surface area contributed by atoms with Crippen LogP contribution in [0.5, 0.6) is 0 Å². The van der Waals surface area contributed by atoms with E-state index in [1.807, 2.05) is 0 Å². The molecule has 0 amide bonds. The predicted octanol–water partition coefficient (Wildman–Crippen LogP) is 3.15. The molecule has 20 heavy (non-hydrogen) atoms. The molecular formula is C16H18O4. The van der Waals surface area contributed by atoms with Crippen molar-refractivity contribution in [1.29, 1.82) is 0 Å². The summed E-state index contributed by atoms with van der Waals surface area (Å²) in [5, 5.41) is 0. The van der Waals surface area contributed by atoms with Gasteiger partial charge in [0.25, 0.3) is 0 Å². The fourth-order valence-corrected chi connectivity index (χ4v) is 1.38. The van der Waals surface area contributed by atoms with Gasteiger partial charge in [0.1, 0.15) is 0 Å². The summed E-state index contributed by atoms with van der Waals surface area (Å²) in [6.07, 6.45) is 4.57. The van der Waals surface area contributed by atoms with E-state index < -0.39 is 11.9 Å². The first-order chi connectivity index (χ1) is 9.69. The fraction of sp³-hybridized carbons (Fsp3) is 0.250. The van der Waals surface area contributed by atoms with Gasteiger partial charge in [-0.15, -0.1) is 13.2 Å². The van der Waals surface area contributed by atoms with E-state index in [4.69, 9.17) is 9.47 Å². The summed E-state index contributed by atoms with van der Waals surface area (Å²) < 4.78 is 10.0. The van der Waals surface area contributed by atoms with Crippen molar-refractivity contribution in [2.45, 2.75) is 12.8 Å². The summed E-state index contributed by atoms with van der Waals surface area (Å²) >= 11 is 0. The first kappa shape index (κ1) is 15.7. The molecule has 0 radical (unpaired) electrons. The van der Waals surface area contributed by atoms with Gasteiger partial charge in [0, 0.05) is 0 Å². The van der Waals surface area contributed by atoms with Gasteiger partial charge in [0.2, 0.25) is 0 Å². The number of carbonyl (C=O) groups excluding carboxylic acids is 2. The highest BCUT2D eigenvalue weighted by Gasteiger charge is 2.10. The van der Waals surface area contributed by atoms with Crippen LogP contribution < -0.4 is 0 Å². The maximum atomic E-state index is 11.6. The van der Waals surface area contributed by atoms with Crippen LogP contribution in [0, 0.1) is 0 Å². The summed E-state index contributed by atoms with van der Waals surface area (Å²) in [7, 11) is 0. The number of carbonyl (C=O) groups is 2. The second kappa shape index (κ2) is 8.69. The van der Waals surface area contributed by atoms with Gasteiger partial charge in [0.15, 0.2) is 0 Å². The van der Waals surface area contributed by atoms with Crippen molar-refractivity contribution in [3.63, 3.8) is 0 Å². The van der Waals surface area contributed by atoms with Crippen molar-refractivity contribution in [1.82, 2.24) is 0 Å². The van der Waals surface area contributed by atoms with Crippen molar-refractivity contribution in [3.8, 4) is 0 Å². The van der Waals surface area contributed by atoms with Crippen molar-refractivity contribution in [2.24, 2.45) is 0 Å². The number of hydrogen-bond acceptors (Lipinski definition) is 4. The van der Waals surface area contributed by atoms with Crippen molar-refractivity contribution < 1.29 is 19.1 Å². The zero-order chi connectivity index (χ0) is 14.8. The van der Waals surface area contributed by atoms with Crippen molar-refractivity contribution >= 4 is 11.9 Å². The molecule has 0 spiro atoms. The zero-order valence-corrected chi connectivity index (χ0v) is 11.3. The SMILES string of the molecule is C=CCCOC(=O)c1ccc(C(=O)OCCC=C)cc1. The minimum atomic E-state index is -0.418. The van der Waals surface area contributed by atoms with Crippen LogP contribution in [0.3, 0.4) is 0 Å². The maximum Gasteiger partial charge on any atom is 0.338 e. The first-order valence-corrected chi connectivity index (χ1v) is 6.35. The summed E-state index contributed by atoms with van der Waals surface area (Å²) in [5.74, 6) is -0.836. The molecule has 4 heteroatoms. The fourth-order valence-electron chi connectivity index (χ4n) is 1.38. The molecule has 0 unspecified atom stereocenters. The molecule has 1 aromatic carbocycles. The number of rotatable bonds is 8. The highest BCUT2D eigenvalue weighted by molar-refractivity contribution is 5.93. The molecular weight excluding hydrogens is 256 g/mol. The third-order valence-electron chi connectivity index (χ3n) is 2.47. The number of hydrogen-bond donors (Lipinski definition) is 0. The Morgan fingerprint density at radius 1 is 0.850 bits per heavy atom. The number of benzene rings is 1. The molecule has 0 aliphatic rings. The second-order valence-corrected chi connectivity index (χ2v) is 4.00. The molecule has 106 valence electrons. The summed E-state index contributed by atoms with van der Waals surface area (Å²) in [5.41, 5.74) is 0.799. The third kappa shape index (κ3) is 5.10. The van der Waals surface area contributed by atoms with Crippen LogP contribution >= 0.6 is 0 Å². The predicted molar refractivity (Wildman–Crippen MR) is 76.6 cm³/mol. The first-order valence-electron chi connectivity index (χ1n) is 6.35. The van der Waals surface area contributed by atoms with E-state index in [1.165, 1.54) is 0 Å². The molecule has 0 bridgehead atoms. The average Bonchev–Trinajstić information content (AvgIpc) is 2.47. The molecule has 0 aliphatic heterocycles.